The minimum absolute atomic E-state index is 0.354. The van der Waals surface area contributed by atoms with Crippen LogP contribution in [0.25, 0.3) is 11.0 Å². The maximum Gasteiger partial charge on any atom is 0.173 e. The van der Waals surface area contributed by atoms with E-state index in [1.165, 1.54) is 11.1 Å². The molecular formula is C22H26N4OS. The monoisotopic (exact) mass is 394 g/mol. The van der Waals surface area contributed by atoms with Crippen molar-refractivity contribution in [2.75, 3.05) is 25.5 Å². The number of methoxy groups -OCH3 is 1. The van der Waals surface area contributed by atoms with E-state index in [0.29, 0.717) is 5.92 Å². The molecule has 0 bridgehead atoms. The fourth-order valence-corrected chi connectivity index (χ4v) is 4.05. The van der Waals surface area contributed by atoms with E-state index in [-0.39, 0.29) is 0 Å². The molecule has 2 N–H and O–H groups in total. The van der Waals surface area contributed by atoms with Crippen molar-refractivity contribution in [1.29, 1.82) is 0 Å². The van der Waals surface area contributed by atoms with Gasteiger partial charge >= 0.3 is 0 Å². The maximum absolute atomic E-state index is 5.68. The van der Waals surface area contributed by atoms with E-state index < -0.39 is 0 Å². The van der Waals surface area contributed by atoms with Crippen molar-refractivity contribution < 1.29 is 4.74 Å². The molecule has 28 heavy (non-hydrogen) atoms. The van der Waals surface area contributed by atoms with Crippen molar-refractivity contribution in [1.82, 2.24) is 14.9 Å². The molecule has 0 spiro atoms. The molecule has 1 saturated heterocycles. The second kappa shape index (κ2) is 7.80. The molecule has 146 valence electrons. The lowest BCUT2D eigenvalue weighted by Gasteiger charge is -2.33. The molecule has 3 aromatic rings. The average Bonchev–Trinajstić information content (AvgIpc) is 3.11. The smallest absolute Gasteiger partial charge is 0.173 e. The molecular weight excluding hydrogens is 368 g/mol. The number of aryl methyl sites for hydroxylation is 2. The zero-order chi connectivity index (χ0) is 19.7. The molecule has 5 nitrogen and oxygen atoms in total. The van der Waals surface area contributed by atoms with Gasteiger partial charge in [0.1, 0.15) is 11.6 Å². The number of benzene rings is 2. The van der Waals surface area contributed by atoms with Crippen molar-refractivity contribution in [3.8, 4) is 5.75 Å². The van der Waals surface area contributed by atoms with Crippen molar-refractivity contribution in [2.45, 2.75) is 32.6 Å². The van der Waals surface area contributed by atoms with Gasteiger partial charge in [-0.15, -0.1) is 0 Å². The first-order valence-electron chi connectivity index (χ1n) is 9.70. The molecule has 0 aliphatic carbocycles. The van der Waals surface area contributed by atoms with Gasteiger partial charge in [0.15, 0.2) is 5.11 Å². The molecule has 0 saturated carbocycles. The number of hydrogen-bond acceptors (Lipinski definition) is 3. The Morgan fingerprint density at radius 2 is 2.07 bits per heavy atom. The summed E-state index contributed by atoms with van der Waals surface area (Å²) in [6.07, 6.45) is 2.22. The summed E-state index contributed by atoms with van der Waals surface area (Å²) < 4.78 is 5.29. The Balaban J connectivity index is 1.48. The zero-order valence-corrected chi connectivity index (χ0v) is 17.4. The summed E-state index contributed by atoms with van der Waals surface area (Å²) in [5, 5.41) is 4.10. The third kappa shape index (κ3) is 3.83. The summed E-state index contributed by atoms with van der Waals surface area (Å²) in [7, 11) is 1.67. The van der Waals surface area contributed by atoms with E-state index in [1.807, 2.05) is 24.3 Å². The number of thiocarbonyl (C=S) groups is 1. The Hall–Kier alpha value is -2.60. The molecule has 1 aliphatic heterocycles. The molecule has 1 atom stereocenters. The number of ether oxygens (including phenoxy) is 1. The third-order valence-corrected chi connectivity index (χ3v) is 5.89. The fraction of sp³-hybridized carbons (Fsp3) is 0.364. The number of imidazole rings is 1. The van der Waals surface area contributed by atoms with Crippen LogP contribution in [0.4, 0.5) is 5.69 Å². The Morgan fingerprint density at radius 1 is 1.25 bits per heavy atom. The normalized spacial score (nSPS) is 17.0. The van der Waals surface area contributed by atoms with Gasteiger partial charge in [-0.05, 0) is 74.3 Å². The Bertz CT molecular complexity index is 974. The summed E-state index contributed by atoms with van der Waals surface area (Å²) in [6, 6.07) is 12.2. The van der Waals surface area contributed by atoms with Gasteiger partial charge < -0.3 is 19.9 Å². The minimum Gasteiger partial charge on any atom is -0.497 e. The highest BCUT2D eigenvalue weighted by Crippen LogP contribution is 2.28. The zero-order valence-electron chi connectivity index (χ0n) is 16.6. The molecule has 6 heteroatoms. The number of fused-ring (bicyclic) bond motifs is 1. The molecule has 0 amide bonds. The van der Waals surface area contributed by atoms with Gasteiger partial charge in [0.05, 0.1) is 18.1 Å². The van der Waals surface area contributed by atoms with Gasteiger partial charge in [-0.25, -0.2) is 4.98 Å². The van der Waals surface area contributed by atoms with Crippen molar-refractivity contribution in [3.05, 3.63) is 53.3 Å². The van der Waals surface area contributed by atoms with Crippen LogP contribution in [0.5, 0.6) is 5.75 Å². The number of aromatic amines is 1. The van der Waals surface area contributed by atoms with Crippen molar-refractivity contribution >= 4 is 34.1 Å². The molecule has 2 heterocycles. The number of aromatic nitrogens is 2. The van der Waals surface area contributed by atoms with Crippen LogP contribution in [0.3, 0.4) is 0 Å². The second-order valence-corrected chi connectivity index (χ2v) is 7.91. The maximum atomic E-state index is 5.68. The number of hydrogen-bond donors (Lipinski definition) is 2. The standard InChI is InChI=1S/C22H26N4OS/c1-14-10-19-20(11-15(14)2)25-21(24-19)16-6-5-9-26(13-16)22(28)23-17-7-4-8-18(12-17)27-3/h4,7-8,10-12,16H,5-6,9,13H2,1-3H3,(H,23,28)(H,24,25)/t16-/m0/s1. The van der Waals surface area contributed by atoms with Crippen LogP contribution in [-0.2, 0) is 0 Å². The van der Waals surface area contributed by atoms with Crippen LogP contribution in [0.2, 0.25) is 0 Å². The molecule has 1 fully saturated rings. The molecule has 1 aromatic heterocycles. The number of H-pyrrole nitrogens is 1. The fourth-order valence-electron chi connectivity index (χ4n) is 3.77. The number of piperidine rings is 1. The van der Waals surface area contributed by atoms with Gasteiger partial charge in [0.25, 0.3) is 0 Å². The van der Waals surface area contributed by atoms with Crippen LogP contribution >= 0.6 is 12.2 Å². The predicted molar refractivity (Wildman–Crippen MR) is 118 cm³/mol. The number of anilines is 1. The van der Waals surface area contributed by atoms with E-state index in [1.54, 1.807) is 7.11 Å². The van der Waals surface area contributed by atoms with Crippen LogP contribution in [0.15, 0.2) is 36.4 Å². The predicted octanol–water partition coefficient (Wildman–Crippen LogP) is 4.76. The molecule has 2 aromatic carbocycles. The average molecular weight is 395 g/mol. The summed E-state index contributed by atoms with van der Waals surface area (Å²) >= 11 is 5.68. The van der Waals surface area contributed by atoms with Crippen LogP contribution in [0, 0.1) is 13.8 Å². The molecule has 1 aliphatic rings. The van der Waals surface area contributed by atoms with Gasteiger partial charge in [-0.1, -0.05) is 6.07 Å². The quantitative estimate of drug-likeness (QED) is 0.627. The number of rotatable bonds is 3. The van der Waals surface area contributed by atoms with E-state index in [9.17, 15) is 0 Å². The van der Waals surface area contributed by atoms with Crippen LogP contribution in [0.1, 0.15) is 35.7 Å². The Labute approximate surface area is 171 Å². The largest absolute Gasteiger partial charge is 0.497 e. The van der Waals surface area contributed by atoms with E-state index >= 15 is 0 Å². The van der Waals surface area contributed by atoms with E-state index in [4.69, 9.17) is 21.9 Å². The summed E-state index contributed by atoms with van der Waals surface area (Å²) in [4.78, 5) is 10.7. The first-order valence-corrected chi connectivity index (χ1v) is 10.1. The van der Waals surface area contributed by atoms with Gasteiger partial charge in [0.2, 0.25) is 0 Å². The first kappa shape index (κ1) is 18.7. The van der Waals surface area contributed by atoms with E-state index in [2.05, 4.69) is 41.2 Å². The highest BCUT2D eigenvalue weighted by atomic mass is 32.1. The van der Waals surface area contributed by atoms with E-state index in [0.717, 1.165) is 59.3 Å². The molecule has 0 radical (unpaired) electrons. The lowest BCUT2D eigenvalue weighted by atomic mass is 9.98. The third-order valence-electron chi connectivity index (χ3n) is 5.53. The van der Waals surface area contributed by atoms with Crippen molar-refractivity contribution in [3.63, 3.8) is 0 Å². The lowest BCUT2D eigenvalue weighted by Crippen LogP contribution is -2.41. The lowest BCUT2D eigenvalue weighted by molar-refractivity contribution is 0.307. The van der Waals surface area contributed by atoms with Crippen molar-refractivity contribution in [2.24, 2.45) is 0 Å². The Morgan fingerprint density at radius 3 is 2.89 bits per heavy atom. The van der Waals surface area contributed by atoms with Gasteiger partial charge in [-0.2, -0.15) is 0 Å². The number of nitrogens with one attached hydrogen (secondary N) is 2. The summed E-state index contributed by atoms with van der Waals surface area (Å²) in [6.45, 7) is 6.10. The van der Waals surface area contributed by atoms with Crippen LogP contribution in [-0.4, -0.2) is 40.2 Å². The van der Waals surface area contributed by atoms with Gasteiger partial charge in [0, 0.05) is 30.8 Å². The minimum atomic E-state index is 0.354. The SMILES string of the molecule is COc1cccc(NC(=S)N2CCC[C@H](c3nc4cc(C)c(C)cc4[nH]3)C2)c1. The summed E-state index contributed by atoms with van der Waals surface area (Å²) in [5.41, 5.74) is 5.68. The molecule has 4 rings (SSSR count). The number of nitrogens with zero attached hydrogens (tertiary/aromatic N) is 2. The van der Waals surface area contributed by atoms with Gasteiger partial charge in [-0.3, -0.25) is 0 Å². The summed E-state index contributed by atoms with van der Waals surface area (Å²) in [5.74, 6) is 2.23. The number of likely N-dealkylation sites (tertiary alicyclic amines) is 1. The second-order valence-electron chi connectivity index (χ2n) is 7.52. The topological polar surface area (TPSA) is 53.2 Å². The molecule has 0 unspecified atom stereocenters. The first-order chi connectivity index (χ1) is 13.5. The Kier molecular flexibility index (Phi) is 5.22. The highest BCUT2D eigenvalue weighted by Gasteiger charge is 2.25. The highest BCUT2D eigenvalue weighted by molar-refractivity contribution is 7.80. The van der Waals surface area contributed by atoms with Crippen LogP contribution < -0.4 is 10.1 Å².